The first kappa shape index (κ1) is 14.1. The van der Waals surface area contributed by atoms with Crippen molar-refractivity contribution < 1.29 is 9.59 Å². The number of benzene rings is 1. The summed E-state index contributed by atoms with van der Waals surface area (Å²) in [6.07, 6.45) is 1.01. The first-order valence-electron chi connectivity index (χ1n) is 6.27. The molecule has 0 bridgehead atoms. The van der Waals surface area contributed by atoms with Gasteiger partial charge >= 0.3 is 0 Å². The molecule has 1 aliphatic rings. The topological polar surface area (TPSA) is 49.4 Å². The van der Waals surface area contributed by atoms with Crippen LogP contribution in [-0.2, 0) is 16.0 Å². The summed E-state index contributed by atoms with van der Waals surface area (Å²) < 4.78 is 0.961. The van der Waals surface area contributed by atoms with Gasteiger partial charge in [-0.3, -0.25) is 15.0 Å². The molecule has 102 valence electrons. The fourth-order valence-electron chi connectivity index (χ4n) is 2.22. The van der Waals surface area contributed by atoms with Crippen LogP contribution in [0.2, 0.25) is 0 Å². The van der Waals surface area contributed by atoms with E-state index in [1.807, 2.05) is 25.1 Å². The molecule has 1 aromatic rings. The highest BCUT2D eigenvalue weighted by Gasteiger charge is 2.40. The molecule has 1 aromatic carbocycles. The Balaban J connectivity index is 2.45. The molecule has 5 heteroatoms. The third-order valence-electron chi connectivity index (χ3n) is 3.28. The summed E-state index contributed by atoms with van der Waals surface area (Å²) in [6, 6.07) is 5.69. The SMILES string of the molecule is CCc1cc(Br)ccc1N1NC(=O)CC(C)(C)C1=O. The van der Waals surface area contributed by atoms with E-state index in [4.69, 9.17) is 0 Å². The second-order valence-corrected chi connectivity index (χ2v) is 6.28. The highest BCUT2D eigenvalue weighted by atomic mass is 79.9. The number of nitrogens with one attached hydrogen (secondary N) is 1. The van der Waals surface area contributed by atoms with Crippen LogP contribution in [0, 0.1) is 5.41 Å². The molecule has 0 radical (unpaired) electrons. The van der Waals surface area contributed by atoms with Gasteiger partial charge in [0.15, 0.2) is 0 Å². The van der Waals surface area contributed by atoms with E-state index in [2.05, 4.69) is 21.4 Å². The van der Waals surface area contributed by atoms with Crippen molar-refractivity contribution >= 4 is 33.4 Å². The van der Waals surface area contributed by atoms with Crippen molar-refractivity contribution in [3.05, 3.63) is 28.2 Å². The first-order chi connectivity index (χ1) is 8.85. The number of hydrogen-bond donors (Lipinski definition) is 1. The van der Waals surface area contributed by atoms with Crippen molar-refractivity contribution in [1.82, 2.24) is 5.43 Å². The quantitative estimate of drug-likeness (QED) is 0.909. The molecule has 1 saturated heterocycles. The largest absolute Gasteiger partial charge is 0.273 e. The second-order valence-electron chi connectivity index (χ2n) is 5.36. The van der Waals surface area contributed by atoms with Crippen LogP contribution in [0.15, 0.2) is 22.7 Å². The molecule has 2 rings (SSSR count). The average molecular weight is 325 g/mol. The lowest BCUT2D eigenvalue weighted by Crippen LogP contribution is -2.58. The number of amides is 2. The smallest absolute Gasteiger partial charge is 0.251 e. The van der Waals surface area contributed by atoms with E-state index in [1.165, 1.54) is 5.01 Å². The summed E-state index contributed by atoms with van der Waals surface area (Å²) in [4.78, 5) is 24.2. The zero-order valence-corrected chi connectivity index (χ0v) is 12.9. The summed E-state index contributed by atoms with van der Waals surface area (Å²) in [7, 11) is 0. The summed E-state index contributed by atoms with van der Waals surface area (Å²) in [5.41, 5.74) is 3.76. The maximum atomic E-state index is 12.4. The Morgan fingerprint density at radius 2 is 2.05 bits per heavy atom. The Labute approximate surface area is 121 Å². The molecular formula is C14H17BrN2O2. The maximum Gasteiger partial charge on any atom is 0.251 e. The number of carbonyl (C=O) groups is 2. The highest BCUT2D eigenvalue weighted by molar-refractivity contribution is 9.10. The minimum absolute atomic E-state index is 0.0795. The molecule has 1 aliphatic heterocycles. The molecule has 1 heterocycles. The van der Waals surface area contributed by atoms with Gasteiger partial charge in [-0.15, -0.1) is 0 Å². The van der Waals surface area contributed by atoms with Crippen LogP contribution in [0.5, 0.6) is 0 Å². The lowest BCUT2D eigenvalue weighted by Gasteiger charge is -2.37. The van der Waals surface area contributed by atoms with E-state index in [0.717, 1.165) is 22.1 Å². The van der Waals surface area contributed by atoms with E-state index < -0.39 is 5.41 Å². The monoisotopic (exact) mass is 324 g/mol. The normalized spacial score (nSPS) is 18.4. The first-order valence-corrected chi connectivity index (χ1v) is 7.07. The molecule has 2 amide bonds. The van der Waals surface area contributed by atoms with Crippen molar-refractivity contribution in [1.29, 1.82) is 0 Å². The van der Waals surface area contributed by atoms with Gasteiger partial charge in [-0.2, -0.15) is 0 Å². The van der Waals surface area contributed by atoms with E-state index in [-0.39, 0.29) is 18.2 Å². The number of anilines is 1. The Morgan fingerprint density at radius 3 is 2.68 bits per heavy atom. The Bertz CT molecular complexity index is 540. The molecule has 0 aromatic heterocycles. The van der Waals surface area contributed by atoms with Gasteiger partial charge in [0.1, 0.15) is 0 Å². The number of halogens is 1. The third kappa shape index (κ3) is 2.66. The zero-order valence-electron chi connectivity index (χ0n) is 11.3. The third-order valence-corrected chi connectivity index (χ3v) is 3.78. The fraction of sp³-hybridized carbons (Fsp3) is 0.429. The molecule has 1 fully saturated rings. The van der Waals surface area contributed by atoms with E-state index in [0.29, 0.717) is 0 Å². The summed E-state index contributed by atoms with van der Waals surface area (Å²) in [5.74, 6) is -0.210. The second kappa shape index (κ2) is 4.96. The van der Waals surface area contributed by atoms with Crippen LogP contribution in [0.25, 0.3) is 0 Å². The molecule has 4 nitrogen and oxygen atoms in total. The van der Waals surface area contributed by atoms with Crippen LogP contribution < -0.4 is 10.4 Å². The lowest BCUT2D eigenvalue weighted by molar-refractivity contribution is -0.139. The molecule has 0 unspecified atom stereocenters. The van der Waals surface area contributed by atoms with Crippen molar-refractivity contribution in [2.24, 2.45) is 5.41 Å². The van der Waals surface area contributed by atoms with Crippen molar-refractivity contribution in [3.8, 4) is 0 Å². The minimum Gasteiger partial charge on any atom is -0.273 e. The van der Waals surface area contributed by atoms with Crippen LogP contribution in [-0.4, -0.2) is 11.8 Å². The van der Waals surface area contributed by atoms with E-state index >= 15 is 0 Å². The summed E-state index contributed by atoms with van der Waals surface area (Å²) in [5, 5.41) is 1.39. The van der Waals surface area contributed by atoms with Crippen molar-refractivity contribution in [3.63, 3.8) is 0 Å². The van der Waals surface area contributed by atoms with Gasteiger partial charge in [0, 0.05) is 10.9 Å². The number of aryl methyl sites for hydroxylation is 1. The van der Waals surface area contributed by atoms with Gasteiger partial charge in [-0.05, 0) is 30.2 Å². The number of rotatable bonds is 2. The molecule has 0 aliphatic carbocycles. The Kier molecular flexibility index (Phi) is 3.67. The van der Waals surface area contributed by atoms with Gasteiger partial charge in [0.2, 0.25) is 5.91 Å². The van der Waals surface area contributed by atoms with Gasteiger partial charge in [-0.25, -0.2) is 5.01 Å². The Hall–Kier alpha value is -1.36. The van der Waals surface area contributed by atoms with Gasteiger partial charge in [0.25, 0.3) is 5.91 Å². The number of hydrazine groups is 1. The summed E-state index contributed by atoms with van der Waals surface area (Å²) in [6.45, 7) is 5.61. The molecule has 19 heavy (non-hydrogen) atoms. The van der Waals surface area contributed by atoms with Gasteiger partial charge in [-0.1, -0.05) is 36.7 Å². The average Bonchev–Trinajstić information content (AvgIpc) is 2.33. The molecule has 1 N–H and O–H groups in total. The maximum absolute atomic E-state index is 12.4. The van der Waals surface area contributed by atoms with E-state index in [1.54, 1.807) is 13.8 Å². The van der Waals surface area contributed by atoms with Crippen molar-refractivity contribution in [2.75, 3.05) is 5.01 Å². The van der Waals surface area contributed by atoms with Gasteiger partial charge in [0.05, 0.1) is 11.1 Å². The molecule has 0 atom stereocenters. The number of hydrogen-bond acceptors (Lipinski definition) is 2. The number of nitrogens with zero attached hydrogens (tertiary/aromatic N) is 1. The Morgan fingerprint density at radius 1 is 1.37 bits per heavy atom. The van der Waals surface area contributed by atoms with Crippen LogP contribution in [0.4, 0.5) is 5.69 Å². The van der Waals surface area contributed by atoms with Gasteiger partial charge < -0.3 is 0 Å². The van der Waals surface area contributed by atoms with Crippen molar-refractivity contribution in [2.45, 2.75) is 33.6 Å². The van der Waals surface area contributed by atoms with E-state index in [9.17, 15) is 9.59 Å². The molecular weight excluding hydrogens is 308 g/mol. The standard InChI is InChI=1S/C14H17BrN2O2/c1-4-9-7-10(15)5-6-11(9)17-13(19)14(2,3)8-12(18)16-17/h5-7H,4,8H2,1-3H3,(H,16,18). The van der Waals surface area contributed by atoms with Crippen LogP contribution in [0.1, 0.15) is 32.8 Å². The predicted octanol–water partition coefficient (Wildman–Crippen LogP) is 2.81. The fourth-order valence-corrected chi connectivity index (χ4v) is 2.63. The highest BCUT2D eigenvalue weighted by Crippen LogP contribution is 2.32. The minimum atomic E-state index is -0.666. The molecule has 0 spiro atoms. The lowest BCUT2D eigenvalue weighted by atomic mass is 9.86. The van der Waals surface area contributed by atoms with Crippen LogP contribution in [0.3, 0.4) is 0 Å². The zero-order chi connectivity index (χ0) is 14.2. The number of carbonyl (C=O) groups excluding carboxylic acids is 2. The summed E-state index contributed by atoms with van der Waals surface area (Å²) >= 11 is 3.42. The molecule has 0 saturated carbocycles. The van der Waals surface area contributed by atoms with Crippen LogP contribution >= 0.6 is 15.9 Å². The predicted molar refractivity (Wildman–Crippen MR) is 77.5 cm³/mol.